The van der Waals surface area contributed by atoms with E-state index in [-0.39, 0.29) is 21.9 Å². The number of ether oxygens (including phenoxy) is 2. The molecule has 4 rings (SSSR count). The van der Waals surface area contributed by atoms with Gasteiger partial charge in [0.1, 0.15) is 12.1 Å². The third kappa shape index (κ3) is 9.28. The molecule has 4 aromatic rings. The largest absolute Gasteiger partial charge is 0.569 e. The maximum absolute atomic E-state index is 13.5. The van der Waals surface area contributed by atoms with Crippen LogP contribution in [-0.4, -0.2) is 65.7 Å². The molecule has 1 unspecified atom stereocenters. The molecule has 1 heterocycles. The minimum atomic E-state index is -4.73. The van der Waals surface area contributed by atoms with Gasteiger partial charge < -0.3 is 14.7 Å². The molecule has 18 heteroatoms. The molecule has 0 bridgehead atoms. The quantitative estimate of drug-likeness (QED) is 0.0603. The molecule has 0 aliphatic carbocycles. The van der Waals surface area contributed by atoms with E-state index >= 15 is 0 Å². The lowest BCUT2D eigenvalue weighted by Gasteiger charge is -2.30. The average Bonchev–Trinajstić information content (AvgIpc) is 3.53. The first kappa shape index (κ1) is 37.2. The van der Waals surface area contributed by atoms with E-state index in [0.29, 0.717) is 5.56 Å². The van der Waals surface area contributed by atoms with Crippen molar-refractivity contribution in [2.75, 3.05) is 13.7 Å². The Hall–Kier alpha value is -5.65. The number of aromatic nitrogens is 2. The number of aryl methyl sites for hydroxylation is 1. The molecular formula is C32H33F3N6O8S. The van der Waals surface area contributed by atoms with Crippen LogP contribution in [0.1, 0.15) is 42.4 Å². The van der Waals surface area contributed by atoms with E-state index in [1.165, 1.54) is 52.1 Å². The summed E-state index contributed by atoms with van der Waals surface area (Å²) in [6.07, 6.45) is -7.33. The Kier molecular flexibility index (Phi) is 11.0. The van der Waals surface area contributed by atoms with E-state index in [4.69, 9.17) is 14.3 Å². The summed E-state index contributed by atoms with van der Waals surface area (Å²) in [6.45, 7) is 5.64. The number of hydrazine groups is 1. The van der Waals surface area contributed by atoms with Crippen molar-refractivity contribution in [1.82, 2.24) is 19.5 Å². The SMILES string of the molecule is Cc1ccc(-c2cc(C(F)(F)F)nn2-c2ccc(S(=O)(=O)NC(=O)OCC(C)(C)N(C)[N+]([O-])=NOC(C)OC(=O)c3ccccc3)cc2)cc1. The number of nitrogens with one attached hydrogen (secondary N) is 1. The maximum Gasteiger partial charge on any atom is 0.435 e. The second-order valence-corrected chi connectivity index (χ2v) is 13.2. The number of hydrogen-bond donors (Lipinski definition) is 1. The highest BCUT2D eigenvalue weighted by Gasteiger charge is 2.36. The fourth-order valence-electron chi connectivity index (χ4n) is 4.15. The molecule has 1 N–H and O–H groups in total. The first-order valence-corrected chi connectivity index (χ1v) is 16.2. The Morgan fingerprint density at radius 2 is 1.66 bits per heavy atom. The zero-order chi connectivity index (χ0) is 36.9. The number of carbonyl (C=O) groups is 2. The first-order chi connectivity index (χ1) is 23.4. The lowest BCUT2D eigenvalue weighted by Crippen LogP contribution is -2.49. The Labute approximate surface area is 285 Å². The van der Waals surface area contributed by atoms with Crippen molar-refractivity contribution >= 4 is 22.1 Å². The molecule has 1 aromatic heterocycles. The highest BCUT2D eigenvalue weighted by Crippen LogP contribution is 2.33. The molecule has 0 radical (unpaired) electrons. The van der Waals surface area contributed by atoms with Crippen LogP contribution in [0.15, 0.2) is 95.1 Å². The molecule has 266 valence electrons. The van der Waals surface area contributed by atoms with Gasteiger partial charge in [-0.05, 0) is 63.2 Å². The van der Waals surface area contributed by atoms with Gasteiger partial charge in [0, 0.05) is 12.5 Å². The van der Waals surface area contributed by atoms with E-state index in [2.05, 4.69) is 10.4 Å². The lowest BCUT2D eigenvalue weighted by molar-refractivity contribution is -0.722. The number of nitrogens with zero attached hydrogens (tertiary/aromatic N) is 5. The van der Waals surface area contributed by atoms with E-state index in [0.717, 1.165) is 33.5 Å². The van der Waals surface area contributed by atoms with E-state index in [9.17, 15) is 36.4 Å². The number of amides is 1. The van der Waals surface area contributed by atoms with Gasteiger partial charge in [-0.2, -0.15) is 18.3 Å². The van der Waals surface area contributed by atoms with Gasteiger partial charge in [0.2, 0.25) is 5.28 Å². The zero-order valence-electron chi connectivity index (χ0n) is 27.4. The molecule has 50 heavy (non-hydrogen) atoms. The summed E-state index contributed by atoms with van der Waals surface area (Å²) in [5.41, 5.74) is -0.525. The standard InChI is InChI=1S/C32H33F3N6O8S/c1-21-11-13-23(14-12-21)27-19-28(32(33,34)35)36-40(27)25-15-17-26(18-16-25)50(45,46)37-30(43)47-20-31(3,4)39(5)41(44)38-49-22(2)48-29(42)24-9-7-6-8-10-24/h6-19,22H,20H2,1-5H3,(H,37,43). The number of sulfonamides is 1. The van der Waals surface area contributed by atoms with Gasteiger partial charge in [-0.1, -0.05) is 48.0 Å². The number of alkyl halides is 3. The molecule has 0 aliphatic rings. The first-order valence-electron chi connectivity index (χ1n) is 14.8. The van der Waals surface area contributed by atoms with Crippen molar-refractivity contribution < 1.29 is 50.5 Å². The number of carbonyl (C=O) groups excluding carboxylic acids is 2. The third-order valence-electron chi connectivity index (χ3n) is 7.19. The fourth-order valence-corrected chi connectivity index (χ4v) is 5.04. The summed E-state index contributed by atoms with van der Waals surface area (Å²) in [7, 11) is -3.20. The highest BCUT2D eigenvalue weighted by molar-refractivity contribution is 7.90. The van der Waals surface area contributed by atoms with Crippen LogP contribution in [0, 0.1) is 12.1 Å². The van der Waals surface area contributed by atoms with Gasteiger partial charge in [-0.3, -0.25) is 4.84 Å². The summed E-state index contributed by atoms with van der Waals surface area (Å²) in [5, 5.41) is 20.5. The lowest BCUT2D eigenvalue weighted by atomic mass is 10.1. The molecular weight excluding hydrogens is 685 g/mol. The van der Waals surface area contributed by atoms with Crippen LogP contribution in [0.5, 0.6) is 0 Å². The summed E-state index contributed by atoms with van der Waals surface area (Å²) < 4.78 is 79.3. The second-order valence-electron chi connectivity index (χ2n) is 11.5. The summed E-state index contributed by atoms with van der Waals surface area (Å²) in [6, 6.07) is 20.4. The Morgan fingerprint density at radius 1 is 1.04 bits per heavy atom. The Balaban J connectivity index is 1.37. The van der Waals surface area contributed by atoms with Crippen LogP contribution in [0.25, 0.3) is 16.9 Å². The van der Waals surface area contributed by atoms with Gasteiger partial charge in [0.05, 0.1) is 33.9 Å². The predicted octanol–water partition coefficient (Wildman–Crippen LogP) is 6.00. The second kappa shape index (κ2) is 14.9. The van der Waals surface area contributed by atoms with E-state index < -0.39 is 57.3 Å². The van der Waals surface area contributed by atoms with Crippen LogP contribution < -0.4 is 4.72 Å². The summed E-state index contributed by atoms with van der Waals surface area (Å²) >= 11 is 0. The van der Waals surface area contributed by atoms with Crippen molar-refractivity contribution in [1.29, 1.82) is 0 Å². The predicted molar refractivity (Wildman–Crippen MR) is 171 cm³/mol. The molecule has 0 fully saturated rings. The topological polar surface area (TPSA) is 167 Å². The molecule has 0 saturated carbocycles. The average molecular weight is 719 g/mol. The van der Waals surface area contributed by atoms with Gasteiger partial charge in [-0.15, -0.1) is 5.01 Å². The Morgan fingerprint density at radius 3 is 2.26 bits per heavy atom. The van der Waals surface area contributed by atoms with Crippen molar-refractivity contribution in [2.45, 2.75) is 50.6 Å². The number of benzene rings is 3. The molecule has 0 saturated heterocycles. The minimum absolute atomic E-state index is 0.0218. The Bertz CT molecular complexity index is 1950. The fraction of sp³-hybridized carbons (Fsp3) is 0.281. The van der Waals surface area contributed by atoms with Crippen LogP contribution in [-0.2, 0) is 30.5 Å². The van der Waals surface area contributed by atoms with Gasteiger partial charge in [0.15, 0.2) is 5.69 Å². The number of halogens is 3. The zero-order valence-corrected chi connectivity index (χ0v) is 28.2. The smallest absolute Gasteiger partial charge is 0.435 e. The molecule has 3 aromatic carbocycles. The van der Waals surface area contributed by atoms with Crippen molar-refractivity contribution in [3.63, 3.8) is 0 Å². The minimum Gasteiger partial charge on any atom is -0.569 e. The van der Waals surface area contributed by atoms with Gasteiger partial charge >= 0.3 is 18.2 Å². The van der Waals surface area contributed by atoms with E-state index in [1.54, 1.807) is 47.2 Å². The molecule has 0 spiro atoms. The number of hydrogen-bond acceptors (Lipinski definition) is 10. The maximum atomic E-state index is 13.5. The molecule has 1 atom stereocenters. The summed E-state index contributed by atoms with van der Waals surface area (Å²) in [5.74, 6) is -0.700. The van der Waals surface area contributed by atoms with Crippen LogP contribution >= 0.6 is 0 Å². The van der Waals surface area contributed by atoms with Crippen LogP contribution in [0.2, 0.25) is 0 Å². The molecule has 1 amide bonds. The normalized spacial score (nSPS) is 12.9. The van der Waals surface area contributed by atoms with Crippen molar-refractivity contribution in [2.24, 2.45) is 5.28 Å². The van der Waals surface area contributed by atoms with Crippen LogP contribution in [0.4, 0.5) is 18.0 Å². The molecule has 0 aliphatic heterocycles. The summed E-state index contributed by atoms with van der Waals surface area (Å²) in [4.78, 5) is 29.2. The third-order valence-corrected chi connectivity index (χ3v) is 8.52. The monoisotopic (exact) mass is 718 g/mol. The van der Waals surface area contributed by atoms with Crippen LogP contribution in [0.3, 0.4) is 0 Å². The molecule has 14 nitrogen and oxygen atoms in total. The number of rotatable bonds is 12. The highest BCUT2D eigenvalue weighted by atomic mass is 32.2. The van der Waals surface area contributed by atoms with E-state index in [1.807, 2.05) is 6.92 Å². The van der Waals surface area contributed by atoms with Gasteiger partial charge in [0.25, 0.3) is 16.3 Å². The van der Waals surface area contributed by atoms with Crippen molar-refractivity contribution in [3.05, 3.63) is 107 Å². The number of likely N-dealkylation sites (N-methyl/N-ethyl adjacent to an activating group) is 1. The van der Waals surface area contributed by atoms with Crippen molar-refractivity contribution in [3.8, 4) is 16.9 Å². The van der Waals surface area contributed by atoms with Gasteiger partial charge in [-0.25, -0.2) is 27.4 Å². The number of esters is 1.